The van der Waals surface area contributed by atoms with Gasteiger partial charge in [-0.15, -0.1) is 0 Å². The molecule has 1 heterocycles. The van der Waals surface area contributed by atoms with Crippen LogP contribution in [0.25, 0.3) is 10.8 Å². The summed E-state index contributed by atoms with van der Waals surface area (Å²) in [6.45, 7) is 0.585. The molecule has 0 N–H and O–H groups in total. The summed E-state index contributed by atoms with van der Waals surface area (Å²) in [7, 11) is 0. The first-order chi connectivity index (χ1) is 12.8. The average Bonchev–Trinajstić information content (AvgIpc) is 3.06. The molecule has 1 aliphatic carbocycles. The molecule has 0 bridgehead atoms. The number of aryl methyl sites for hydroxylation is 1. The molecule has 2 aliphatic rings. The molecule has 3 aromatic rings. The largest absolute Gasteiger partial charge is 0.291 e. The van der Waals surface area contributed by atoms with Crippen molar-refractivity contribution < 1.29 is 4.79 Å². The van der Waals surface area contributed by atoms with Crippen LogP contribution in [-0.4, -0.2) is 17.9 Å². The number of hydrogen-bond acceptors (Lipinski definition) is 3. The second kappa shape index (κ2) is 5.87. The molecule has 1 spiro atoms. The molecule has 0 unspecified atom stereocenters. The quantitative estimate of drug-likeness (QED) is 0.589. The molecule has 1 aliphatic heterocycles. The van der Waals surface area contributed by atoms with Gasteiger partial charge in [-0.3, -0.25) is 4.79 Å². The zero-order valence-electron chi connectivity index (χ0n) is 14.6. The maximum atomic E-state index is 13.6. The fourth-order valence-electron chi connectivity index (χ4n) is 4.66. The number of nitrogens with zero attached hydrogens (tertiary/aromatic N) is 2. The summed E-state index contributed by atoms with van der Waals surface area (Å²) < 4.78 is 0. The van der Waals surface area contributed by atoms with Gasteiger partial charge in [0.2, 0.25) is 0 Å². The Morgan fingerprint density at radius 2 is 1.73 bits per heavy atom. The van der Waals surface area contributed by atoms with Crippen molar-refractivity contribution in [2.75, 3.05) is 6.54 Å². The van der Waals surface area contributed by atoms with Gasteiger partial charge in [-0.25, -0.2) is 0 Å². The van der Waals surface area contributed by atoms with E-state index in [0.29, 0.717) is 6.54 Å². The van der Waals surface area contributed by atoms with Crippen molar-refractivity contribution in [3.63, 3.8) is 0 Å². The number of carbonyl (C=O) groups excluding carboxylic acids is 1. The van der Waals surface area contributed by atoms with E-state index in [2.05, 4.69) is 58.8 Å². The first kappa shape index (κ1) is 15.4. The fourth-order valence-corrected chi connectivity index (χ4v) is 4.66. The van der Waals surface area contributed by atoms with Crippen LogP contribution in [-0.2, 0) is 6.42 Å². The summed E-state index contributed by atoms with van der Waals surface area (Å²) in [6, 6.07) is 22.7. The standard InChI is InChI=1S/C23H20N2O/c26-22-19-12-4-2-8-17(19)10-6-14-23(22)21(15-24-25-23)20-13-5-9-16-7-1-3-11-18(16)20/h1-5,7-9,11-13,21H,6,10,14-15H2/t21-,23-/m0/s1. The Kier molecular flexibility index (Phi) is 3.49. The van der Waals surface area contributed by atoms with Crippen LogP contribution in [0.4, 0.5) is 0 Å². The highest BCUT2D eigenvalue weighted by Gasteiger charge is 2.51. The SMILES string of the molecule is O=C1c2ccccc2CCC[C@@]12N=NC[C@H]2c1cccc2ccccc12. The van der Waals surface area contributed by atoms with Crippen LogP contribution in [0.3, 0.4) is 0 Å². The molecule has 128 valence electrons. The minimum absolute atomic E-state index is 0.00672. The average molecular weight is 340 g/mol. The monoisotopic (exact) mass is 340 g/mol. The highest BCUT2D eigenvalue weighted by Crippen LogP contribution is 2.46. The van der Waals surface area contributed by atoms with Crippen LogP contribution in [0.5, 0.6) is 0 Å². The summed E-state index contributed by atoms with van der Waals surface area (Å²) >= 11 is 0. The van der Waals surface area contributed by atoms with Crippen molar-refractivity contribution >= 4 is 16.6 Å². The van der Waals surface area contributed by atoms with Gasteiger partial charge < -0.3 is 0 Å². The van der Waals surface area contributed by atoms with Gasteiger partial charge in [-0.2, -0.15) is 10.2 Å². The Balaban J connectivity index is 1.68. The highest BCUT2D eigenvalue weighted by atomic mass is 16.1. The van der Waals surface area contributed by atoms with Gasteiger partial charge in [0.05, 0.1) is 6.54 Å². The zero-order valence-corrected chi connectivity index (χ0v) is 14.6. The van der Waals surface area contributed by atoms with Crippen LogP contribution < -0.4 is 0 Å². The van der Waals surface area contributed by atoms with E-state index in [9.17, 15) is 4.79 Å². The van der Waals surface area contributed by atoms with Gasteiger partial charge in [0, 0.05) is 11.5 Å². The van der Waals surface area contributed by atoms with E-state index in [4.69, 9.17) is 0 Å². The molecule has 0 fully saturated rings. The maximum absolute atomic E-state index is 13.6. The number of carbonyl (C=O) groups is 1. The van der Waals surface area contributed by atoms with Crippen molar-refractivity contribution in [3.8, 4) is 0 Å². The van der Waals surface area contributed by atoms with Gasteiger partial charge in [-0.05, 0) is 41.2 Å². The van der Waals surface area contributed by atoms with Crippen LogP contribution in [0, 0.1) is 0 Å². The van der Waals surface area contributed by atoms with Gasteiger partial charge in [0.15, 0.2) is 11.3 Å². The van der Waals surface area contributed by atoms with E-state index in [1.165, 1.54) is 16.3 Å². The second-order valence-electron chi connectivity index (χ2n) is 7.31. The van der Waals surface area contributed by atoms with Crippen molar-refractivity contribution in [3.05, 3.63) is 83.4 Å². The third-order valence-electron chi connectivity index (χ3n) is 5.95. The maximum Gasteiger partial charge on any atom is 0.193 e. The molecule has 0 radical (unpaired) electrons. The molecule has 0 aromatic heterocycles. The number of azo groups is 1. The summed E-state index contributed by atoms with van der Waals surface area (Å²) in [6.07, 6.45) is 2.66. The lowest BCUT2D eigenvalue weighted by atomic mass is 9.73. The number of hydrogen-bond donors (Lipinski definition) is 0. The molecule has 0 saturated carbocycles. The van der Waals surface area contributed by atoms with Crippen LogP contribution in [0.2, 0.25) is 0 Å². The molecular formula is C23H20N2O. The van der Waals surface area contributed by atoms with E-state index >= 15 is 0 Å². The Morgan fingerprint density at radius 1 is 0.923 bits per heavy atom. The van der Waals surface area contributed by atoms with E-state index < -0.39 is 5.54 Å². The molecule has 3 nitrogen and oxygen atoms in total. The predicted octanol–water partition coefficient (Wildman–Crippen LogP) is 5.35. The van der Waals surface area contributed by atoms with Gasteiger partial charge in [0.1, 0.15) is 0 Å². The van der Waals surface area contributed by atoms with Crippen molar-refractivity contribution in [2.24, 2.45) is 10.2 Å². The summed E-state index contributed by atoms with van der Waals surface area (Å²) in [5, 5.41) is 11.4. The van der Waals surface area contributed by atoms with Crippen molar-refractivity contribution in [1.29, 1.82) is 0 Å². The van der Waals surface area contributed by atoms with Crippen LogP contribution in [0.1, 0.15) is 40.2 Å². The minimum atomic E-state index is -0.753. The lowest BCUT2D eigenvalue weighted by Crippen LogP contribution is -2.41. The summed E-state index contributed by atoms with van der Waals surface area (Å²) in [4.78, 5) is 13.6. The smallest absolute Gasteiger partial charge is 0.193 e. The van der Waals surface area contributed by atoms with Crippen LogP contribution in [0.15, 0.2) is 77.0 Å². The third kappa shape index (κ3) is 2.16. The normalized spacial score (nSPS) is 24.8. The summed E-state index contributed by atoms with van der Waals surface area (Å²) in [5.74, 6) is 0.150. The molecule has 2 atom stereocenters. The van der Waals surface area contributed by atoms with E-state index in [1.807, 2.05) is 18.2 Å². The highest BCUT2D eigenvalue weighted by molar-refractivity contribution is 6.06. The molecule has 3 heteroatoms. The topological polar surface area (TPSA) is 41.8 Å². The summed E-state index contributed by atoms with van der Waals surface area (Å²) in [5.41, 5.74) is 2.42. The minimum Gasteiger partial charge on any atom is -0.291 e. The Morgan fingerprint density at radius 3 is 2.69 bits per heavy atom. The van der Waals surface area contributed by atoms with Crippen molar-refractivity contribution in [2.45, 2.75) is 30.7 Å². The van der Waals surface area contributed by atoms with Gasteiger partial charge in [0.25, 0.3) is 0 Å². The lowest BCUT2D eigenvalue weighted by molar-refractivity contribution is 0.0870. The molecular weight excluding hydrogens is 320 g/mol. The first-order valence-corrected chi connectivity index (χ1v) is 9.29. The van der Waals surface area contributed by atoms with Gasteiger partial charge >= 0.3 is 0 Å². The Bertz CT molecular complexity index is 1030. The molecule has 0 amide bonds. The number of Topliss-reactive ketones (excluding diaryl/α,β-unsaturated/α-hetero) is 1. The third-order valence-corrected chi connectivity index (χ3v) is 5.95. The van der Waals surface area contributed by atoms with Crippen LogP contribution >= 0.6 is 0 Å². The zero-order chi connectivity index (χ0) is 17.6. The van der Waals surface area contributed by atoms with E-state index in [-0.39, 0.29) is 11.7 Å². The Labute approximate surface area is 152 Å². The molecule has 0 saturated heterocycles. The number of rotatable bonds is 1. The van der Waals surface area contributed by atoms with Crippen molar-refractivity contribution in [1.82, 2.24) is 0 Å². The first-order valence-electron chi connectivity index (χ1n) is 9.29. The lowest BCUT2D eigenvalue weighted by Gasteiger charge is -2.30. The molecule has 3 aromatic carbocycles. The van der Waals surface area contributed by atoms with E-state index in [1.54, 1.807) is 0 Å². The molecule has 26 heavy (non-hydrogen) atoms. The van der Waals surface area contributed by atoms with E-state index in [0.717, 1.165) is 30.4 Å². The number of benzene rings is 3. The van der Waals surface area contributed by atoms with Gasteiger partial charge in [-0.1, -0.05) is 66.7 Å². The number of fused-ring (bicyclic) bond motifs is 2. The Hall–Kier alpha value is -2.81. The molecule has 5 rings (SSSR count). The fraction of sp³-hybridized carbons (Fsp3) is 0.261. The second-order valence-corrected chi connectivity index (χ2v) is 7.31. The number of ketones is 1. The predicted molar refractivity (Wildman–Crippen MR) is 103 cm³/mol.